The minimum Gasteiger partial charge on any atom is -0.256 e. The van der Waals surface area contributed by atoms with E-state index in [4.69, 9.17) is 5.48 Å². The highest BCUT2D eigenvalue weighted by Crippen LogP contribution is 2.24. The van der Waals surface area contributed by atoms with E-state index in [2.05, 4.69) is 38.5 Å². The van der Waals surface area contributed by atoms with Gasteiger partial charge in [-0.15, -0.1) is 0 Å². The number of hydrogen-bond acceptors (Lipinski definition) is 1. The van der Waals surface area contributed by atoms with Gasteiger partial charge in [0, 0.05) is 11.8 Å². The smallest absolute Gasteiger partial charge is 0.0799 e. The molecule has 1 heterocycles. The molecule has 0 N–H and O–H groups in total. The molecule has 0 aliphatic carbocycles. The molecule has 0 radical (unpaired) electrons. The molecule has 1 aromatic heterocycles. The Morgan fingerprint density at radius 2 is 2.00 bits per heavy atom. The zero-order valence-electron chi connectivity index (χ0n) is 17.0. The van der Waals surface area contributed by atoms with Gasteiger partial charge in [-0.3, -0.25) is 4.98 Å². The Morgan fingerprint density at radius 3 is 2.65 bits per heavy atom. The maximum Gasteiger partial charge on any atom is 0.0799 e. The van der Waals surface area contributed by atoms with Crippen LogP contribution in [0, 0.1) is 0 Å². The second kappa shape index (κ2) is 5.92. The van der Waals surface area contributed by atoms with Crippen LogP contribution in [0.4, 0.5) is 0 Å². The monoisotopic (exact) mass is 287 g/mol. The first-order valence-electron chi connectivity index (χ1n) is 9.16. The Hall–Kier alpha value is -1.41. The van der Waals surface area contributed by atoms with Gasteiger partial charge in [0.1, 0.15) is 0 Å². The fourth-order valence-electron chi connectivity index (χ4n) is 2.29. The van der Waals surface area contributed by atoms with Gasteiger partial charge in [0.2, 0.25) is 0 Å². The minimum absolute atomic E-state index is 0.0284. The third-order valence-electron chi connectivity index (χ3n) is 3.71. The lowest BCUT2D eigenvalue weighted by Crippen LogP contribution is -2.41. The quantitative estimate of drug-likeness (QED) is 0.736. The van der Waals surface area contributed by atoms with Gasteiger partial charge in [0.15, 0.2) is 0 Å². The lowest BCUT2D eigenvalue weighted by molar-refractivity contribution is 0.736. The van der Waals surface area contributed by atoms with Crippen LogP contribution in [0.2, 0.25) is 19.6 Å². The van der Waals surface area contributed by atoms with Gasteiger partial charge in [-0.1, -0.05) is 63.7 Å². The number of rotatable bonds is 4. The summed E-state index contributed by atoms with van der Waals surface area (Å²) in [4.78, 5) is 4.55. The van der Waals surface area contributed by atoms with Crippen LogP contribution in [-0.4, -0.2) is 13.1 Å². The van der Waals surface area contributed by atoms with Gasteiger partial charge in [-0.05, 0) is 29.2 Å². The molecule has 0 aliphatic rings. The molecule has 20 heavy (non-hydrogen) atoms. The second-order valence-corrected chi connectivity index (χ2v) is 11.3. The van der Waals surface area contributed by atoms with E-state index in [1.807, 2.05) is 12.3 Å². The molecule has 1 aromatic carbocycles. The Bertz CT molecular complexity index is 769. The van der Waals surface area contributed by atoms with E-state index < -0.39 is 8.07 Å². The SMILES string of the molecule is [2H]c1cc(-c2cc(C(C)CC)c([Si](C)(C)C)cn2)c([2H])c([2H])c1[2H]. The molecule has 0 amide bonds. The van der Waals surface area contributed by atoms with Crippen LogP contribution in [-0.2, 0) is 0 Å². The summed E-state index contributed by atoms with van der Waals surface area (Å²) in [6.07, 6.45) is 2.94. The third kappa shape index (κ3) is 3.18. The molecule has 0 fully saturated rings. The summed E-state index contributed by atoms with van der Waals surface area (Å²) in [6.45, 7) is 11.2. The summed E-state index contributed by atoms with van der Waals surface area (Å²) in [7, 11) is -1.54. The number of pyridine rings is 1. The first kappa shape index (κ1) is 10.3. The van der Waals surface area contributed by atoms with Crippen LogP contribution < -0.4 is 5.19 Å². The van der Waals surface area contributed by atoms with E-state index in [0.717, 1.165) is 6.42 Å². The minimum atomic E-state index is -1.54. The summed E-state index contributed by atoms with van der Waals surface area (Å²) in [5, 5.41) is 1.32. The zero-order valence-corrected chi connectivity index (χ0v) is 14.0. The molecule has 2 heteroatoms. The molecule has 2 rings (SSSR count). The van der Waals surface area contributed by atoms with Gasteiger partial charge >= 0.3 is 0 Å². The van der Waals surface area contributed by atoms with Crippen molar-refractivity contribution in [3.63, 3.8) is 0 Å². The molecule has 0 spiro atoms. The van der Waals surface area contributed by atoms with Crippen LogP contribution in [0.15, 0.2) is 42.5 Å². The molecule has 0 saturated carbocycles. The van der Waals surface area contributed by atoms with E-state index in [-0.39, 0.29) is 24.2 Å². The van der Waals surface area contributed by atoms with Gasteiger partial charge in [0.05, 0.1) is 19.3 Å². The highest BCUT2D eigenvalue weighted by molar-refractivity contribution is 6.89. The molecule has 0 aliphatic heterocycles. The number of hydrogen-bond donors (Lipinski definition) is 0. The maximum atomic E-state index is 8.15. The topological polar surface area (TPSA) is 12.9 Å². The Morgan fingerprint density at radius 1 is 1.25 bits per heavy atom. The van der Waals surface area contributed by atoms with Crippen molar-refractivity contribution in [3.8, 4) is 11.3 Å². The van der Waals surface area contributed by atoms with E-state index in [1.165, 1.54) is 16.8 Å². The van der Waals surface area contributed by atoms with Gasteiger partial charge in [0.25, 0.3) is 0 Å². The standard InChI is InChI=1S/C18H25NSi/c1-6-14(2)16-12-17(15-10-8-7-9-11-15)19-13-18(16)20(3,4)5/h7-14H,6H2,1-5H3/i7D,8D,9D,10D. The highest BCUT2D eigenvalue weighted by atomic mass is 28.3. The van der Waals surface area contributed by atoms with Crippen molar-refractivity contribution in [2.75, 3.05) is 0 Å². The van der Waals surface area contributed by atoms with E-state index >= 15 is 0 Å². The van der Waals surface area contributed by atoms with Crippen molar-refractivity contribution in [3.05, 3.63) is 48.1 Å². The summed E-state index contributed by atoms with van der Waals surface area (Å²) >= 11 is 0. The summed E-state index contributed by atoms with van der Waals surface area (Å²) in [6, 6.07) is 3.03. The first-order valence-corrected chi connectivity index (χ1v) is 10.7. The molecule has 1 atom stereocenters. The molecule has 1 nitrogen and oxygen atoms in total. The maximum absolute atomic E-state index is 8.15. The molecule has 1 unspecified atom stereocenters. The summed E-state index contributed by atoms with van der Waals surface area (Å²) in [5.41, 5.74) is 2.35. The fourth-order valence-corrected chi connectivity index (χ4v) is 3.93. The summed E-state index contributed by atoms with van der Waals surface area (Å²) < 4.78 is 31.6. The lowest BCUT2D eigenvalue weighted by Gasteiger charge is -2.24. The van der Waals surface area contributed by atoms with Crippen LogP contribution in [0.1, 0.15) is 37.2 Å². The van der Waals surface area contributed by atoms with Crippen LogP contribution in [0.25, 0.3) is 11.3 Å². The average Bonchev–Trinajstić information content (AvgIpc) is 2.54. The van der Waals surface area contributed by atoms with Crippen LogP contribution in [0.5, 0.6) is 0 Å². The summed E-state index contributed by atoms with van der Waals surface area (Å²) in [5.74, 6) is 0.393. The largest absolute Gasteiger partial charge is 0.256 e. The molecular weight excluding hydrogens is 258 g/mol. The van der Waals surface area contributed by atoms with Crippen molar-refractivity contribution in [2.24, 2.45) is 0 Å². The van der Waals surface area contributed by atoms with Crippen molar-refractivity contribution in [1.29, 1.82) is 0 Å². The molecule has 2 aromatic rings. The van der Waals surface area contributed by atoms with Gasteiger partial charge < -0.3 is 0 Å². The van der Waals surface area contributed by atoms with E-state index in [1.54, 1.807) is 0 Å². The van der Waals surface area contributed by atoms with E-state index in [0.29, 0.717) is 17.2 Å². The first-order chi connectivity index (χ1) is 11.1. The Kier molecular flexibility index (Phi) is 3.06. The van der Waals surface area contributed by atoms with Crippen LogP contribution in [0.3, 0.4) is 0 Å². The Balaban J connectivity index is 2.70. The van der Waals surface area contributed by atoms with Crippen molar-refractivity contribution < 1.29 is 5.48 Å². The van der Waals surface area contributed by atoms with Crippen molar-refractivity contribution in [1.82, 2.24) is 4.98 Å². The number of benzene rings is 1. The normalized spacial score (nSPS) is 16.1. The zero-order chi connectivity index (χ0) is 18.2. The van der Waals surface area contributed by atoms with Crippen molar-refractivity contribution in [2.45, 2.75) is 45.8 Å². The number of nitrogens with zero attached hydrogens (tertiary/aromatic N) is 1. The molecular formula is C18H25NSi. The third-order valence-corrected chi connectivity index (χ3v) is 5.75. The highest BCUT2D eigenvalue weighted by Gasteiger charge is 2.23. The fraction of sp³-hybridized carbons (Fsp3) is 0.389. The average molecular weight is 288 g/mol. The predicted molar refractivity (Wildman–Crippen MR) is 91.4 cm³/mol. The molecule has 0 bridgehead atoms. The van der Waals surface area contributed by atoms with Crippen LogP contribution >= 0.6 is 0 Å². The molecule has 106 valence electrons. The Labute approximate surface area is 129 Å². The second-order valence-electron chi connectivity index (χ2n) is 6.29. The lowest BCUT2D eigenvalue weighted by atomic mass is 9.97. The van der Waals surface area contributed by atoms with Gasteiger partial charge in [-0.25, -0.2) is 0 Å². The van der Waals surface area contributed by atoms with E-state index in [9.17, 15) is 0 Å². The van der Waals surface area contributed by atoms with Crippen molar-refractivity contribution >= 4 is 13.3 Å². The van der Waals surface area contributed by atoms with Gasteiger partial charge in [-0.2, -0.15) is 0 Å². The molecule has 0 saturated heterocycles. The predicted octanol–water partition coefficient (Wildman–Crippen LogP) is 4.81. The number of aromatic nitrogens is 1.